The second-order valence-electron chi connectivity index (χ2n) is 4.95. The first-order valence-corrected chi connectivity index (χ1v) is 7.26. The van der Waals surface area contributed by atoms with Crippen molar-refractivity contribution in [1.29, 1.82) is 0 Å². The first kappa shape index (κ1) is 14.8. The van der Waals surface area contributed by atoms with Gasteiger partial charge < -0.3 is 10.8 Å². The van der Waals surface area contributed by atoms with Crippen LogP contribution in [0.25, 0.3) is 0 Å². The van der Waals surface area contributed by atoms with Crippen LogP contribution in [-0.2, 0) is 11.3 Å². The second-order valence-corrected chi connectivity index (χ2v) is 6.27. The highest BCUT2D eigenvalue weighted by molar-refractivity contribution is 9.10. The number of carbonyl (C=O) groups is 1. The number of rotatable bonds is 3. The van der Waals surface area contributed by atoms with Crippen LogP contribution in [0, 0.1) is 0 Å². The van der Waals surface area contributed by atoms with E-state index in [1.165, 1.54) is 0 Å². The van der Waals surface area contributed by atoms with Gasteiger partial charge in [0.2, 0.25) is 0 Å². The van der Waals surface area contributed by atoms with Crippen molar-refractivity contribution >= 4 is 33.4 Å². The molecule has 0 spiro atoms. The predicted molar refractivity (Wildman–Crippen MR) is 77.8 cm³/mol. The Morgan fingerprint density at radius 3 is 2.95 bits per heavy atom. The van der Waals surface area contributed by atoms with Crippen LogP contribution in [-0.4, -0.2) is 34.6 Å². The number of piperidine rings is 1. The summed E-state index contributed by atoms with van der Waals surface area (Å²) in [6.45, 7) is 1.68. The van der Waals surface area contributed by atoms with Crippen LogP contribution in [0.1, 0.15) is 18.4 Å². The number of primary amides is 1. The van der Waals surface area contributed by atoms with Crippen LogP contribution >= 0.6 is 27.5 Å². The van der Waals surface area contributed by atoms with Crippen molar-refractivity contribution in [2.45, 2.75) is 25.0 Å². The topological polar surface area (TPSA) is 66.6 Å². The number of aliphatic hydroxyl groups is 1. The Morgan fingerprint density at radius 1 is 1.58 bits per heavy atom. The number of hydrogen-bond acceptors (Lipinski definition) is 3. The van der Waals surface area contributed by atoms with E-state index >= 15 is 0 Å². The first-order chi connectivity index (χ1) is 8.90. The zero-order valence-corrected chi connectivity index (χ0v) is 12.7. The zero-order chi connectivity index (χ0) is 14.0. The fraction of sp³-hybridized carbons (Fsp3) is 0.462. The van der Waals surface area contributed by atoms with Gasteiger partial charge in [-0.25, -0.2) is 0 Å². The van der Waals surface area contributed by atoms with Crippen molar-refractivity contribution in [3.63, 3.8) is 0 Å². The van der Waals surface area contributed by atoms with Crippen LogP contribution < -0.4 is 5.73 Å². The standard InChI is InChI=1S/C13H16BrClN2O2/c14-10-3-2-9(11(15)6-10)7-17-5-1-4-13(19,8-17)12(16)18/h2-3,6,19H,1,4-5,7-8H2,(H2,16,18). The average Bonchev–Trinajstić information content (AvgIpc) is 2.33. The number of likely N-dealkylation sites (tertiary alicyclic amines) is 1. The third-order valence-corrected chi connectivity index (χ3v) is 4.26. The molecule has 1 aliphatic heterocycles. The van der Waals surface area contributed by atoms with Gasteiger partial charge in [-0.1, -0.05) is 33.6 Å². The van der Waals surface area contributed by atoms with Gasteiger partial charge in [0.1, 0.15) is 0 Å². The number of carbonyl (C=O) groups excluding carboxylic acids is 1. The lowest BCUT2D eigenvalue weighted by Gasteiger charge is -2.37. The highest BCUT2D eigenvalue weighted by Crippen LogP contribution is 2.26. The SMILES string of the molecule is NC(=O)C1(O)CCCN(Cc2ccc(Br)cc2Cl)C1. The molecule has 0 aliphatic carbocycles. The van der Waals surface area contributed by atoms with Crippen molar-refractivity contribution in [2.75, 3.05) is 13.1 Å². The molecule has 4 nitrogen and oxygen atoms in total. The summed E-state index contributed by atoms with van der Waals surface area (Å²) in [7, 11) is 0. The molecule has 1 aliphatic rings. The Morgan fingerprint density at radius 2 is 2.32 bits per heavy atom. The molecule has 1 heterocycles. The van der Waals surface area contributed by atoms with E-state index < -0.39 is 11.5 Å². The number of hydrogen-bond donors (Lipinski definition) is 2. The van der Waals surface area contributed by atoms with Gasteiger partial charge in [0.25, 0.3) is 5.91 Å². The van der Waals surface area contributed by atoms with Gasteiger partial charge >= 0.3 is 0 Å². The highest BCUT2D eigenvalue weighted by Gasteiger charge is 2.38. The van der Waals surface area contributed by atoms with E-state index in [-0.39, 0.29) is 6.54 Å². The molecule has 1 unspecified atom stereocenters. The molecule has 1 aromatic rings. The van der Waals surface area contributed by atoms with Gasteiger partial charge in [-0.05, 0) is 37.1 Å². The van der Waals surface area contributed by atoms with Crippen molar-refractivity contribution in [1.82, 2.24) is 4.90 Å². The molecule has 0 aromatic heterocycles. The summed E-state index contributed by atoms with van der Waals surface area (Å²) in [5, 5.41) is 10.8. The average molecular weight is 348 g/mol. The first-order valence-electron chi connectivity index (χ1n) is 6.09. The summed E-state index contributed by atoms with van der Waals surface area (Å²) < 4.78 is 0.925. The number of β-amino-alcohol motifs (C(OH)–C–C–N with tert-alkyl or cyclic N) is 1. The highest BCUT2D eigenvalue weighted by atomic mass is 79.9. The molecule has 1 amide bonds. The number of nitrogens with zero attached hydrogens (tertiary/aromatic N) is 1. The maximum absolute atomic E-state index is 11.3. The van der Waals surface area contributed by atoms with Crippen molar-refractivity contribution in [2.24, 2.45) is 5.73 Å². The Balaban J connectivity index is 2.09. The van der Waals surface area contributed by atoms with Crippen LogP contribution in [0.4, 0.5) is 0 Å². The molecule has 2 rings (SSSR count). The van der Waals surface area contributed by atoms with Crippen LogP contribution in [0.5, 0.6) is 0 Å². The lowest BCUT2D eigenvalue weighted by Crippen LogP contribution is -2.55. The maximum atomic E-state index is 11.3. The minimum atomic E-state index is -1.42. The summed E-state index contributed by atoms with van der Waals surface area (Å²) in [5.74, 6) is -0.654. The Labute approximate surface area is 125 Å². The van der Waals surface area contributed by atoms with Crippen LogP contribution in [0.3, 0.4) is 0 Å². The minimum Gasteiger partial charge on any atom is -0.379 e. The van der Waals surface area contributed by atoms with Gasteiger partial charge in [-0.2, -0.15) is 0 Å². The molecule has 1 atom stereocenters. The summed E-state index contributed by atoms with van der Waals surface area (Å²) in [6.07, 6.45) is 1.17. The number of benzene rings is 1. The second kappa shape index (κ2) is 5.79. The van der Waals surface area contributed by atoms with E-state index in [1.54, 1.807) is 0 Å². The number of nitrogens with two attached hydrogens (primary N) is 1. The molecule has 0 saturated carbocycles. The monoisotopic (exact) mass is 346 g/mol. The van der Waals surface area contributed by atoms with Crippen molar-refractivity contribution < 1.29 is 9.90 Å². The summed E-state index contributed by atoms with van der Waals surface area (Å²) in [5.41, 5.74) is 4.81. The van der Waals surface area contributed by atoms with Gasteiger partial charge in [0.05, 0.1) is 0 Å². The third-order valence-electron chi connectivity index (χ3n) is 3.42. The van der Waals surface area contributed by atoms with E-state index in [2.05, 4.69) is 15.9 Å². The van der Waals surface area contributed by atoms with E-state index in [4.69, 9.17) is 17.3 Å². The molecule has 0 radical (unpaired) electrons. The Kier molecular flexibility index (Phi) is 4.50. The smallest absolute Gasteiger partial charge is 0.250 e. The molecule has 19 heavy (non-hydrogen) atoms. The summed E-state index contributed by atoms with van der Waals surface area (Å²) in [6, 6.07) is 5.69. The van der Waals surface area contributed by atoms with E-state index in [1.807, 2.05) is 23.1 Å². The van der Waals surface area contributed by atoms with E-state index in [0.29, 0.717) is 18.0 Å². The van der Waals surface area contributed by atoms with Crippen LogP contribution in [0.15, 0.2) is 22.7 Å². The Hall–Kier alpha value is -0.620. The minimum absolute atomic E-state index is 0.259. The van der Waals surface area contributed by atoms with E-state index in [9.17, 15) is 9.90 Å². The molecule has 1 aromatic carbocycles. The van der Waals surface area contributed by atoms with Crippen LogP contribution in [0.2, 0.25) is 5.02 Å². The molecule has 1 fully saturated rings. The molecular weight excluding hydrogens is 332 g/mol. The molecule has 6 heteroatoms. The van der Waals surface area contributed by atoms with Gasteiger partial charge in [-0.3, -0.25) is 9.69 Å². The van der Waals surface area contributed by atoms with Gasteiger partial charge in [0, 0.05) is 22.6 Å². The molecule has 104 valence electrons. The molecule has 1 saturated heterocycles. The summed E-state index contributed by atoms with van der Waals surface area (Å²) >= 11 is 9.53. The molecule has 0 bridgehead atoms. The lowest BCUT2D eigenvalue weighted by atomic mass is 9.92. The quantitative estimate of drug-likeness (QED) is 0.878. The third kappa shape index (κ3) is 3.48. The summed E-state index contributed by atoms with van der Waals surface area (Å²) in [4.78, 5) is 13.3. The van der Waals surface area contributed by atoms with Crippen molar-refractivity contribution in [3.8, 4) is 0 Å². The molecule has 3 N–H and O–H groups in total. The van der Waals surface area contributed by atoms with Gasteiger partial charge in [0.15, 0.2) is 5.60 Å². The predicted octanol–water partition coefficient (Wildman–Crippen LogP) is 1.91. The van der Waals surface area contributed by atoms with Gasteiger partial charge in [-0.15, -0.1) is 0 Å². The fourth-order valence-corrected chi connectivity index (χ4v) is 3.08. The molecular formula is C13H16BrClN2O2. The maximum Gasteiger partial charge on any atom is 0.250 e. The largest absolute Gasteiger partial charge is 0.379 e. The number of halogens is 2. The normalized spacial score (nSPS) is 24.4. The van der Waals surface area contributed by atoms with Crippen molar-refractivity contribution in [3.05, 3.63) is 33.3 Å². The zero-order valence-electron chi connectivity index (χ0n) is 10.4. The lowest BCUT2D eigenvalue weighted by molar-refractivity contribution is -0.142. The Bertz CT molecular complexity index is 498. The van der Waals surface area contributed by atoms with E-state index in [0.717, 1.165) is 23.0 Å². The fourth-order valence-electron chi connectivity index (χ4n) is 2.35. The number of amides is 1.